The molecule has 3 heterocycles. The summed E-state index contributed by atoms with van der Waals surface area (Å²) < 4.78 is 17.9. The quantitative estimate of drug-likeness (QED) is 0.504. The second-order valence-electron chi connectivity index (χ2n) is 7.99. The Bertz CT molecular complexity index is 1280. The molecular formula is C21H21FN4O5. The number of aromatic nitrogens is 2. The van der Waals surface area contributed by atoms with Crippen LogP contribution in [0.15, 0.2) is 35.4 Å². The molecule has 4 rings (SSSR count). The second kappa shape index (κ2) is 7.53. The first-order valence-electron chi connectivity index (χ1n) is 9.85. The minimum absolute atomic E-state index is 0.102. The van der Waals surface area contributed by atoms with Gasteiger partial charge in [-0.1, -0.05) is 6.92 Å². The molecule has 0 saturated carbocycles. The minimum Gasteiger partial charge on any atom is -0.477 e. The first kappa shape index (κ1) is 20.6. The number of benzene rings is 1. The van der Waals surface area contributed by atoms with Gasteiger partial charge in [0.25, 0.3) is 5.69 Å². The molecule has 162 valence electrons. The second-order valence-corrected chi connectivity index (χ2v) is 7.99. The van der Waals surface area contributed by atoms with Crippen LogP contribution < -0.4 is 10.3 Å². The van der Waals surface area contributed by atoms with Crippen molar-refractivity contribution in [1.29, 1.82) is 0 Å². The van der Waals surface area contributed by atoms with Gasteiger partial charge >= 0.3 is 5.97 Å². The number of nitro groups is 1. The Labute approximate surface area is 176 Å². The third-order valence-corrected chi connectivity index (χ3v) is 5.72. The Morgan fingerprint density at radius 2 is 2.03 bits per heavy atom. The van der Waals surface area contributed by atoms with Crippen molar-refractivity contribution in [1.82, 2.24) is 9.13 Å². The molecule has 1 aliphatic rings. The molecule has 1 saturated heterocycles. The molecule has 10 heteroatoms. The highest BCUT2D eigenvalue weighted by Gasteiger charge is 2.24. The lowest BCUT2D eigenvalue weighted by molar-refractivity contribution is -0.384. The first-order chi connectivity index (χ1) is 14.7. The monoisotopic (exact) mass is 428 g/mol. The molecule has 0 spiro atoms. The summed E-state index contributed by atoms with van der Waals surface area (Å²) >= 11 is 0. The summed E-state index contributed by atoms with van der Waals surface area (Å²) in [7, 11) is 1.57. The van der Waals surface area contributed by atoms with Crippen molar-refractivity contribution in [3.63, 3.8) is 0 Å². The smallest absolute Gasteiger partial charge is 0.341 e. The average Bonchev–Trinajstić information content (AvgIpc) is 3.10. The maximum Gasteiger partial charge on any atom is 0.341 e. The van der Waals surface area contributed by atoms with E-state index in [1.165, 1.54) is 27.5 Å². The van der Waals surface area contributed by atoms with Crippen LogP contribution in [0.4, 0.5) is 15.8 Å². The maximum absolute atomic E-state index is 15.0. The average molecular weight is 428 g/mol. The molecule has 9 nitrogen and oxygen atoms in total. The number of halogens is 1. The standard InChI is InChI=1S/C21H21FN4O5/c1-12-4-3-5-24(9-12)18-8-17-14(7-16(18)22)20(27)15(21(28)29)11-25(17)19-6-13(26(30)31)10-23(19)2/h6-8,10-12H,3-5,9H2,1-2H3,(H,28,29). The number of pyridine rings is 1. The molecular weight excluding hydrogens is 407 g/mol. The van der Waals surface area contributed by atoms with Crippen LogP contribution in [0.2, 0.25) is 0 Å². The highest BCUT2D eigenvalue weighted by atomic mass is 19.1. The molecule has 1 atom stereocenters. The van der Waals surface area contributed by atoms with Crippen LogP contribution in [0.5, 0.6) is 0 Å². The zero-order valence-corrected chi connectivity index (χ0v) is 17.0. The summed E-state index contributed by atoms with van der Waals surface area (Å²) in [6, 6.07) is 3.86. The predicted octanol–water partition coefficient (Wildman–Crippen LogP) is 3.31. The lowest BCUT2D eigenvalue weighted by atomic mass is 9.99. The lowest BCUT2D eigenvalue weighted by Crippen LogP contribution is -2.35. The van der Waals surface area contributed by atoms with Gasteiger partial charge in [-0.25, -0.2) is 9.18 Å². The SMILES string of the molecule is CC1CCCN(c2cc3c(cc2F)c(=O)c(C(=O)O)cn3-c2cc([N+](=O)[O-])cn2C)C1. The number of hydrogen-bond donors (Lipinski definition) is 1. The number of aryl methyl sites for hydroxylation is 1. The molecule has 1 fully saturated rings. The van der Waals surface area contributed by atoms with E-state index in [2.05, 4.69) is 6.92 Å². The number of carboxylic acid groups (broad SMARTS) is 1. The maximum atomic E-state index is 15.0. The zero-order valence-electron chi connectivity index (χ0n) is 17.0. The van der Waals surface area contributed by atoms with Gasteiger partial charge in [-0.05, 0) is 30.9 Å². The zero-order chi connectivity index (χ0) is 22.4. The van der Waals surface area contributed by atoms with Gasteiger partial charge in [0.2, 0.25) is 5.43 Å². The molecule has 0 aliphatic carbocycles. The summed E-state index contributed by atoms with van der Waals surface area (Å²) in [5, 5.41) is 20.6. The fraction of sp³-hybridized carbons (Fsp3) is 0.333. The molecule has 1 N–H and O–H groups in total. The van der Waals surface area contributed by atoms with E-state index in [9.17, 15) is 24.8 Å². The van der Waals surface area contributed by atoms with Crippen molar-refractivity contribution in [3.05, 3.63) is 62.3 Å². The number of carboxylic acids is 1. The third kappa shape index (κ3) is 3.54. The van der Waals surface area contributed by atoms with Crippen LogP contribution in [0, 0.1) is 21.8 Å². The molecule has 1 aliphatic heterocycles. The molecule has 2 aromatic heterocycles. The van der Waals surface area contributed by atoms with E-state index < -0.39 is 27.7 Å². The van der Waals surface area contributed by atoms with Crippen LogP contribution in [0.25, 0.3) is 16.7 Å². The summed E-state index contributed by atoms with van der Waals surface area (Å²) in [4.78, 5) is 37.0. The molecule has 3 aromatic rings. The lowest BCUT2D eigenvalue weighted by Gasteiger charge is -2.33. The van der Waals surface area contributed by atoms with Crippen molar-refractivity contribution in [3.8, 4) is 5.82 Å². The Balaban J connectivity index is 2.02. The van der Waals surface area contributed by atoms with Gasteiger partial charge < -0.3 is 19.1 Å². The van der Waals surface area contributed by atoms with Crippen LogP contribution in [0.1, 0.15) is 30.1 Å². The van der Waals surface area contributed by atoms with Crippen molar-refractivity contribution >= 4 is 28.2 Å². The topological polar surface area (TPSA) is 111 Å². The number of carbonyl (C=O) groups is 1. The number of piperidine rings is 1. The van der Waals surface area contributed by atoms with Crippen LogP contribution in [0.3, 0.4) is 0 Å². The van der Waals surface area contributed by atoms with E-state index in [1.807, 2.05) is 4.90 Å². The van der Waals surface area contributed by atoms with Gasteiger partial charge in [-0.2, -0.15) is 0 Å². The first-order valence-corrected chi connectivity index (χ1v) is 9.85. The molecule has 31 heavy (non-hydrogen) atoms. The van der Waals surface area contributed by atoms with E-state index in [-0.39, 0.29) is 22.4 Å². The van der Waals surface area contributed by atoms with E-state index in [1.54, 1.807) is 7.05 Å². The number of anilines is 1. The Kier molecular flexibility index (Phi) is 5.00. The summed E-state index contributed by atoms with van der Waals surface area (Å²) in [6.07, 6.45) is 4.38. The largest absolute Gasteiger partial charge is 0.477 e. The number of rotatable bonds is 4. The normalized spacial score (nSPS) is 16.6. The van der Waals surface area contributed by atoms with Gasteiger partial charge in [0.15, 0.2) is 0 Å². The highest BCUT2D eigenvalue weighted by Crippen LogP contribution is 2.31. The van der Waals surface area contributed by atoms with Crippen molar-refractivity contribution < 1.29 is 19.2 Å². The molecule has 0 bridgehead atoms. The third-order valence-electron chi connectivity index (χ3n) is 5.72. The number of hydrogen-bond acceptors (Lipinski definition) is 5. The molecule has 1 aromatic carbocycles. The van der Waals surface area contributed by atoms with Crippen molar-refractivity contribution in [2.75, 3.05) is 18.0 Å². The molecule has 0 radical (unpaired) electrons. The Morgan fingerprint density at radius 1 is 1.29 bits per heavy atom. The van der Waals surface area contributed by atoms with Crippen LogP contribution in [-0.4, -0.2) is 38.2 Å². The fourth-order valence-corrected chi connectivity index (χ4v) is 4.20. The number of nitrogens with zero attached hydrogens (tertiary/aromatic N) is 4. The highest BCUT2D eigenvalue weighted by molar-refractivity contribution is 5.94. The number of aromatic carboxylic acids is 1. The summed E-state index contributed by atoms with van der Waals surface area (Å²) in [6.45, 7) is 3.42. The van der Waals surface area contributed by atoms with Gasteiger partial charge in [0.05, 0.1) is 33.8 Å². The van der Waals surface area contributed by atoms with E-state index in [0.29, 0.717) is 24.7 Å². The van der Waals surface area contributed by atoms with E-state index >= 15 is 4.39 Å². The fourth-order valence-electron chi connectivity index (χ4n) is 4.20. The summed E-state index contributed by atoms with van der Waals surface area (Å²) in [5.74, 6) is -1.40. The van der Waals surface area contributed by atoms with Gasteiger partial charge in [-0.3, -0.25) is 14.9 Å². The summed E-state index contributed by atoms with van der Waals surface area (Å²) in [5.41, 5.74) is -0.942. The van der Waals surface area contributed by atoms with Gasteiger partial charge in [-0.15, -0.1) is 0 Å². The van der Waals surface area contributed by atoms with Crippen LogP contribution >= 0.6 is 0 Å². The Morgan fingerprint density at radius 3 is 2.65 bits per heavy atom. The molecule has 0 amide bonds. The predicted molar refractivity (Wildman–Crippen MR) is 113 cm³/mol. The Hall–Kier alpha value is -3.69. The van der Waals surface area contributed by atoms with Gasteiger partial charge in [0.1, 0.15) is 17.2 Å². The number of fused-ring (bicyclic) bond motifs is 1. The van der Waals surface area contributed by atoms with Crippen LogP contribution in [-0.2, 0) is 7.05 Å². The van der Waals surface area contributed by atoms with E-state index in [0.717, 1.165) is 25.1 Å². The molecule has 1 unspecified atom stereocenters. The van der Waals surface area contributed by atoms with Crippen molar-refractivity contribution in [2.24, 2.45) is 13.0 Å². The van der Waals surface area contributed by atoms with E-state index in [4.69, 9.17) is 0 Å². The van der Waals surface area contributed by atoms with Crippen molar-refractivity contribution in [2.45, 2.75) is 19.8 Å². The van der Waals surface area contributed by atoms with Gasteiger partial charge in [0, 0.05) is 26.3 Å². The minimum atomic E-state index is -1.46.